The molecule has 0 bridgehead atoms. The Morgan fingerprint density at radius 2 is 1.96 bits per heavy atom. The molecule has 0 saturated carbocycles. The van der Waals surface area contributed by atoms with Crippen LogP contribution in [0.4, 0.5) is 9.52 Å². The zero-order chi connectivity index (χ0) is 16.6. The largest absolute Gasteiger partial charge is 0.289 e. The van der Waals surface area contributed by atoms with Crippen molar-refractivity contribution in [2.24, 2.45) is 4.99 Å². The molecule has 0 aliphatic carbocycles. The van der Waals surface area contributed by atoms with Gasteiger partial charge in [-0.1, -0.05) is 23.5 Å². The summed E-state index contributed by atoms with van der Waals surface area (Å²) in [6, 6.07) is 6.09. The van der Waals surface area contributed by atoms with E-state index in [0.717, 1.165) is 16.1 Å². The van der Waals surface area contributed by atoms with Gasteiger partial charge in [0.25, 0.3) is 5.91 Å². The zero-order valence-corrected chi connectivity index (χ0v) is 14.3. The van der Waals surface area contributed by atoms with Crippen molar-refractivity contribution < 1.29 is 9.18 Å². The maximum atomic E-state index is 13.0. The van der Waals surface area contributed by atoms with Gasteiger partial charge in [-0.05, 0) is 48.9 Å². The smallest absolute Gasteiger partial charge is 0.266 e. The highest BCUT2D eigenvalue weighted by molar-refractivity contribution is 8.18. The van der Waals surface area contributed by atoms with Crippen LogP contribution in [0.2, 0.25) is 0 Å². The zero-order valence-electron chi connectivity index (χ0n) is 12.7. The summed E-state index contributed by atoms with van der Waals surface area (Å²) in [6.07, 6.45) is 0. The van der Waals surface area contributed by atoms with Crippen LogP contribution in [0, 0.1) is 12.7 Å². The van der Waals surface area contributed by atoms with Crippen molar-refractivity contribution >= 4 is 44.9 Å². The minimum Gasteiger partial charge on any atom is -0.289 e. The molecule has 0 atom stereocenters. The van der Waals surface area contributed by atoms with Gasteiger partial charge in [0.1, 0.15) is 10.8 Å². The van der Waals surface area contributed by atoms with Gasteiger partial charge < -0.3 is 0 Å². The summed E-state index contributed by atoms with van der Waals surface area (Å²) in [5.74, 6) is -0.431. The minimum absolute atomic E-state index is 0.128. The van der Waals surface area contributed by atoms with E-state index < -0.39 is 0 Å². The third-order valence-corrected chi connectivity index (χ3v) is 5.27. The number of aryl methyl sites for hydroxylation is 1. The van der Waals surface area contributed by atoms with Gasteiger partial charge in [-0.15, -0.1) is 10.2 Å². The van der Waals surface area contributed by atoms with E-state index in [2.05, 4.69) is 15.2 Å². The first kappa shape index (κ1) is 15.8. The molecule has 23 heavy (non-hydrogen) atoms. The van der Waals surface area contributed by atoms with Crippen molar-refractivity contribution in [3.8, 4) is 0 Å². The quantitative estimate of drug-likeness (QED) is 0.778. The number of nitrogens with zero attached hydrogens (tertiary/aromatic N) is 4. The molecular weight excluding hydrogens is 335 g/mol. The summed E-state index contributed by atoms with van der Waals surface area (Å²) >= 11 is 2.66. The normalized spacial score (nSPS) is 18.9. The molecular formula is C15H13FN4OS2. The van der Waals surface area contributed by atoms with E-state index in [4.69, 9.17) is 0 Å². The number of rotatable bonds is 2. The van der Waals surface area contributed by atoms with E-state index >= 15 is 0 Å². The second kappa shape index (κ2) is 6.21. The number of likely N-dealkylation sites (N-methyl/N-ethyl adjacent to an activating group) is 1. The summed E-state index contributed by atoms with van der Waals surface area (Å²) in [4.78, 5) is 18.9. The Labute approximate surface area is 141 Å². The van der Waals surface area contributed by atoms with Crippen LogP contribution >= 0.6 is 23.1 Å². The molecule has 0 radical (unpaired) electrons. The number of amides is 1. The topological polar surface area (TPSA) is 58.5 Å². The third-order valence-electron chi connectivity index (χ3n) is 3.30. The number of halogens is 1. The van der Waals surface area contributed by atoms with E-state index in [1.54, 1.807) is 19.2 Å². The number of amidine groups is 1. The van der Waals surface area contributed by atoms with Crippen LogP contribution in [0.25, 0.3) is 5.57 Å². The molecule has 1 fully saturated rings. The van der Waals surface area contributed by atoms with Crippen LogP contribution in [0.5, 0.6) is 0 Å². The number of hydrogen-bond donors (Lipinski definition) is 0. The van der Waals surface area contributed by atoms with Crippen molar-refractivity contribution in [2.75, 3.05) is 7.05 Å². The maximum absolute atomic E-state index is 13.0. The number of allylic oxidation sites excluding steroid dienone is 1. The van der Waals surface area contributed by atoms with Crippen LogP contribution in [-0.2, 0) is 4.79 Å². The van der Waals surface area contributed by atoms with Crippen molar-refractivity contribution in [3.63, 3.8) is 0 Å². The molecule has 0 unspecified atom stereocenters. The van der Waals surface area contributed by atoms with E-state index in [0.29, 0.717) is 15.2 Å². The molecule has 1 aliphatic rings. The predicted octanol–water partition coefficient (Wildman–Crippen LogP) is 3.61. The third kappa shape index (κ3) is 3.18. The van der Waals surface area contributed by atoms with Gasteiger partial charge >= 0.3 is 0 Å². The molecule has 1 amide bonds. The number of aliphatic imine (C=N–C) groups is 1. The summed E-state index contributed by atoms with van der Waals surface area (Å²) in [6.45, 7) is 3.70. The van der Waals surface area contributed by atoms with E-state index in [9.17, 15) is 9.18 Å². The number of hydrogen-bond acceptors (Lipinski definition) is 6. The fourth-order valence-corrected chi connectivity index (χ4v) is 3.67. The van der Waals surface area contributed by atoms with E-state index in [-0.39, 0.29) is 11.7 Å². The van der Waals surface area contributed by atoms with Crippen LogP contribution in [0.1, 0.15) is 17.5 Å². The second-order valence-corrected chi connectivity index (χ2v) is 7.06. The molecule has 2 heterocycles. The van der Waals surface area contributed by atoms with Gasteiger partial charge in [0.2, 0.25) is 5.13 Å². The lowest BCUT2D eigenvalue weighted by Crippen LogP contribution is -2.23. The fraction of sp³-hybridized carbons (Fsp3) is 0.200. The van der Waals surface area contributed by atoms with Gasteiger partial charge in [0.05, 0.1) is 4.91 Å². The summed E-state index contributed by atoms with van der Waals surface area (Å²) in [5.41, 5.74) is 1.61. The lowest BCUT2D eigenvalue weighted by molar-refractivity contribution is -0.121. The highest BCUT2D eigenvalue weighted by atomic mass is 32.2. The molecule has 1 aromatic heterocycles. The van der Waals surface area contributed by atoms with Gasteiger partial charge in [0.15, 0.2) is 5.17 Å². The standard InChI is InChI=1S/C15H13FN4OS2/c1-8(10-4-6-11(16)7-5-10)12-13(21)20(3)15(23-12)17-14-19-18-9(2)22-14/h4-7H,1-3H3/b12-8-,17-15+. The molecule has 3 rings (SSSR count). The highest BCUT2D eigenvalue weighted by Gasteiger charge is 2.32. The molecule has 8 heteroatoms. The predicted molar refractivity (Wildman–Crippen MR) is 91.1 cm³/mol. The van der Waals surface area contributed by atoms with Crippen molar-refractivity contribution in [2.45, 2.75) is 13.8 Å². The van der Waals surface area contributed by atoms with Crippen molar-refractivity contribution in [1.29, 1.82) is 0 Å². The molecule has 0 spiro atoms. The van der Waals surface area contributed by atoms with Crippen molar-refractivity contribution in [3.05, 3.63) is 45.6 Å². The molecule has 1 aliphatic heterocycles. The average Bonchev–Trinajstić information content (AvgIpc) is 3.06. The minimum atomic E-state index is -0.303. The maximum Gasteiger partial charge on any atom is 0.266 e. The Morgan fingerprint density at radius 1 is 1.26 bits per heavy atom. The Bertz CT molecular complexity index is 826. The first-order chi connectivity index (χ1) is 11.0. The van der Waals surface area contributed by atoms with Gasteiger partial charge in [-0.3, -0.25) is 9.69 Å². The number of carbonyl (C=O) groups excluding carboxylic acids is 1. The number of thioether (sulfide) groups is 1. The molecule has 1 saturated heterocycles. The Morgan fingerprint density at radius 3 is 2.57 bits per heavy atom. The van der Waals surface area contributed by atoms with E-state index in [1.165, 1.54) is 40.1 Å². The Kier molecular flexibility index (Phi) is 4.27. The van der Waals surface area contributed by atoms with Gasteiger partial charge in [0, 0.05) is 7.05 Å². The fourth-order valence-electron chi connectivity index (χ4n) is 2.02. The molecule has 0 N–H and O–H groups in total. The van der Waals surface area contributed by atoms with Crippen LogP contribution < -0.4 is 0 Å². The average molecular weight is 348 g/mol. The Hall–Kier alpha value is -2.06. The SMILES string of the molecule is C/C(=C1/S/C(=N/c2nnc(C)s2)N(C)C1=O)c1ccc(F)cc1. The molecule has 118 valence electrons. The lowest BCUT2D eigenvalue weighted by Gasteiger charge is -2.06. The highest BCUT2D eigenvalue weighted by Crippen LogP contribution is 2.37. The van der Waals surface area contributed by atoms with Crippen LogP contribution in [0.15, 0.2) is 34.2 Å². The summed E-state index contributed by atoms with van der Waals surface area (Å²) in [5, 5.41) is 9.76. The van der Waals surface area contributed by atoms with Crippen molar-refractivity contribution in [1.82, 2.24) is 15.1 Å². The second-order valence-electron chi connectivity index (χ2n) is 4.93. The first-order valence-corrected chi connectivity index (χ1v) is 8.40. The van der Waals surface area contributed by atoms with Crippen LogP contribution in [-0.4, -0.2) is 33.2 Å². The van der Waals surface area contributed by atoms with E-state index in [1.807, 2.05) is 13.8 Å². The lowest BCUT2D eigenvalue weighted by atomic mass is 10.1. The summed E-state index contributed by atoms with van der Waals surface area (Å²) in [7, 11) is 1.67. The van der Waals surface area contributed by atoms with Gasteiger partial charge in [-0.25, -0.2) is 4.39 Å². The number of benzene rings is 1. The van der Waals surface area contributed by atoms with Crippen LogP contribution in [0.3, 0.4) is 0 Å². The molecule has 5 nitrogen and oxygen atoms in total. The number of aromatic nitrogens is 2. The Balaban J connectivity index is 1.95. The molecule has 1 aromatic carbocycles. The first-order valence-electron chi connectivity index (χ1n) is 6.77. The van der Waals surface area contributed by atoms with Gasteiger partial charge in [-0.2, -0.15) is 4.99 Å². The summed E-state index contributed by atoms with van der Waals surface area (Å²) < 4.78 is 13.0. The number of carbonyl (C=O) groups is 1. The molecule has 2 aromatic rings. The monoisotopic (exact) mass is 348 g/mol.